The van der Waals surface area contributed by atoms with Gasteiger partial charge >= 0.3 is 61.3 Å². The predicted molar refractivity (Wildman–Crippen MR) is 22.6 cm³/mol. The van der Waals surface area contributed by atoms with Crippen LogP contribution in [0.3, 0.4) is 0 Å². The Hall–Kier alpha value is 1.70. The van der Waals surface area contributed by atoms with Gasteiger partial charge in [0.15, 0.2) is 0 Å². The van der Waals surface area contributed by atoms with Crippen LogP contribution in [0.1, 0.15) is 0 Å². The number of halogens is 1. The van der Waals surface area contributed by atoms with E-state index in [0.29, 0.717) is 18.2 Å². The van der Waals surface area contributed by atoms with Crippen molar-refractivity contribution in [2.24, 2.45) is 0 Å². The molecule has 4 heavy (non-hydrogen) atoms. The van der Waals surface area contributed by atoms with Gasteiger partial charge in [-0.2, -0.15) is 0 Å². The van der Waals surface area contributed by atoms with E-state index in [9.17, 15) is 3.38 Å². The summed E-state index contributed by atoms with van der Waals surface area (Å²) in [5.41, 5.74) is 0. The maximum atomic E-state index is 9.50. The zero-order valence-electron chi connectivity index (χ0n) is 1.38. The molecule has 0 nitrogen and oxygen atoms in total. The number of hydrogen-bond donors (Lipinski definition) is 0. The van der Waals surface area contributed by atoms with Crippen molar-refractivity contribution in [3.05, 3.63) is 0 Å². The summed E-state index contributed by atoms with van der Waals surface area (Å²) in [7, 11) is 0. The van der Waals surface area contributed by atoms with Crippen LogP contribution in [0.2, 0.25) is 0 Å². The molecule has 0 aromatic rings. The van der Waals surface area contributed by atoms with Gasteiger partial charge in [0.1, 0.15) is 0 Å². The second-order valence-electron chi connectivity index (χ2n) is 0. The predicted octanol–water partition coefficient (Wildman–Crippen LogP) is -1.53. The molecule has 0 amide bonds. The third-order valence-corrected chi connectivity index (χ3v) is 0. The molecular weight excluding hydrogens is 57.9 g/mol. The molecule has 0 aliphatic carbocycles. The average molecular weight is 61.0 g/mol. The summed E-state index contributed by atoms with van der Waals surface area (Å²) in [6.45, 7) is 0. The van der Waals surface area contributed by atoms with Crippen molar-refractivity contribution in [2.45, 2.75) is 0 Å². The fourth-order valence-electron chi connectivity index (χ4n) is 0. The van der Waals surface area contributed by atoms with Crippen LogP contribution in [0, 0.1) is 0 Å². The van der Waals surface area contributed by atoms with Crippen LogP contribution in [0.4, 0.5) is 3.38 Å². The van der Waals surface area contributed by atoms with Crippen LogP contribution in [0.25, 0.3) is 0 Å². The molecule has 0 fully saturated rings. The van der Waals surface area contributed by atoms with Crippen molar-refractivity contribution in [1.82, 2.24) is 0 Å². The van der Waals surface area contributed by atoms with Crippen LogP contribution < -0.4 is 0 Å². The van der Waals surface area contributed by atoms with Gasteiger partial charge < -0.3 is 0 Å². The molecule has 14 valence electrons. The van der Waals surface area contributed by atoms with Gasteiger partial charge in [0, 0.05) is 0 Å². The van der Waals surface area contributed by atoms with E-state index in [0.717, 1.165) is 0 Å². The molecule has 0 saturated carbocycles. The quantitative estimate of drug-likeness (QED) is 0.298. The molecule has 0 aromatic heterocycles. The molecule has 0 aliphatic heterocycles. The van der Waals surface area contributed by atoms with E-state index >= 15 is 0 Å². The molecule has 0 bridgehead atoms. The normalized spacial score (nSPS) is 1.75. The Kier molecular flexibility index (Phi) is 96.3. The van der Waals surface area contributed by atoms with E-state index in [1.165, 1.54) is 0 Å². The summed E-state index contributed by atoms with van der Waals surface area (Å²) < 4.78 is 9.50. The summed E-state index contributed by atoms with van der Waals surface area (Å²) in [6, 6.07) is 0. The van der Waals surface area contributed by atoms with Crippen LogP contribution in [0.5, 0.6) is 0 Å². The Balaban J connectivity index is -0.00000000500. The van der Waals surface area contributed by atoms with Crippen LogP contribution in [0.15, 0.2) is 0 Å². The maximum absolute atomic E-state index is 9.50. The molecule has 0 radical (unpaired) electrons. The Bertz CT molecular complexity index is 8.00. The van der Waals surface area contributed by atoms with Crippen molar-refractivity contribution in [1.29, 1.82) is 0 Å². The van der Waals surface area contributed by atoms with E-state index in [2.05, 4.69) is 0 Å². The first-order valence-electron chi connectivity index (χ1n) is 0.378. The summed E-state index contributed by atoms with van der Waals surface area (Å²) in [5.74, 6) is 0. The summed E-state index contributed by atoms with van der Waals surface area (Å²) in [6.07, 6.45) is 0. The number of rotatable bonds is 0. The molecule has 0 heterocycles. The molecule has 4 heteroatoms. The molecule has 0 saturated heterocycles. The SMILES string of the molecule is [BeH2].[Li][F].[NaH]. The molecule has 0 rings (SSSR count). The molecule has 0 N–H and O–H groups in total. The zero-order valence-corrected chi connectivity index (χ0v) is 1.38. The Morgan fingerprint density at radius 1 is 1.25 bits per heavy atom. The number of hydrogen-bond acceptors (Lipinski definition) is 0. The van der Waals surface area contributed by atoms with E-state index in [1.807, 2.05) is 0 Å². The Morgan fingerprint density at radius 2 is 1.25 bits per heavy atom. The van der Waals surface area contributed by atoms with Gasteiger partial charge in [-0.25, -0.2) is 0 Å². The Labute approximate surface area is 60.8 Å². The van der Waals surface area contributed by atoms with Crippen molar-refractivity contribution in [3.8, 4) is 0 Å². The van der Waals surface area contributed by atoms with Crippen molar-refractivity contribution in [2.75, 3.05) is 0 Å². The molecule has 0 spiro atoms. The first-order chi connectivity index (χ1) is 1.00. The topological polar surface area (TPSA) is 0 Å². The third kappa shape index (κ3) is 9.34. The second kappa shape index (κ2) is 22.3. The molecular formula is H3BeFLiNa. The van der Waals surface area contributed by atoms with Crippen molar-refractivity contribution in [3.63, 3.8) is 0 Å². The average Bonchev–Trinajstić information content (AvgIpc) is 1.00. The third-order valence-electron chi connectivity index (χ3n) is 0. The molecule has 0 unspecified atom stereocenters. The Morgan fingerprint density at radius 3 is 1.25 bits per heavy atom. The molecule has 0 atom stereocenters. The second-order valence-corrected chi connectivity index (χ2v) is 0. The zero-order chi connectivity index (χ0) is 2.00. The van der Waals surface area contributed by atoms with Gasteiger partial charge in [-0.3, -0.25) is 0 Å². The van der Waals surface area contributed by atoms with Crippen molar-refractivity contribution >= 4 is 57.9 Å². The van der Waals surface area contributed by atoms with Gasteiger partial charge in [-0.05, 0) is 0 Å². The fourth-order valence-corrected chi connectivity index (χ4v) is 0. The molecule has 0 aliphatic rings. The van der Waals surface area contributed by atoms with Crippen molar-refractivity contribution < 1.29 is 3.38 Å². The van der Waals surface area contributed by atoms with Crippen LogP contribution >= 0.6 is 0 Å². The fraction of sp³-hybridized carbons (Fsp3) is 0. The summed E-state index contributed by atoms with van der Waals surface area (Å²) in [5, 5.41) is 0. The minimum absolute atomic E-state index is 0. The standard InChI is InChI=1S/Be.FH.Li.Na.3H/h;1H;;;;;/q;;+1;;;;/p-1. The van der Waals surface area contributed by atoms with Gasteiger partial charge in [-0.1, -0.05) is 0 Å². The summed E-state index contributed by atoms with van der Waals surface area (Å²) >= 11 is 0.500. The van der Waals surface area contributed by atoms with Gasteiger partial charge in [-0.15, -0.1) is 0 Å². The molecule has 0 aromatic carbocycles. The van der Waals surface area contributed by atoms with E-state index in [1.54, 1.807) is 0 Å². The minimum atomic E-state index is 0. The summed E-state index contributed by atoms with van der Waals surface area (Å²) in [4.78, 5) is 0. The van der Waals surface area contributed by atoms with Gasteiger partial charge in [0.2, 0.25) is 0 Å². The van der Waals surface area contributed by atoms with E-state index in [4.69, 9.17) is 0 Å². The van der Waals surface area contributed by atoms with Gasteiger partial charge in [0.05, 0.1) is 0 Å². The van der Waals surface area contributed by atoms with Crippen LogP contribution in [-0.4, -0.2) is 57.9 Å². The van der Waals surface area contributed by atoms with Crippen LogP contribution in [-0.2, 0) is 0 Å². The van der Waals surface area contributed by atoms with Gasteiger partial charge in [0.25, 0.3) is 0 Å². The monoisotopic (exact) mass is 61.0 g/mol. The first kappa shape index (κ1) is 17.3. The van der Waals surface area contributed by atoms with E-state index < -0.39 is 0 Å². The first-order valence-corrected chi connectivity index (χ1v) is 0.378. The van der Waals surface area contributed by atoms with E-state index in [-0.39, 0.29) is 39.7 Å².